The number of benzene rings is 1. The zero-order chi connectivity index (χ0) is 19.4. The highest BCUT2D eigenvalue weighted by Gasteiger charge is 2.42. The van der Waals surface area contributed by atoms with Crippen LogP contribution in [0.5, 0.6) is 0 Å². The molecule has 7 nitrogen and oxygen atoms in total. The first-order valence-corrected chi connectivity index (χ1v) is 9.62. The largest absolute Gasteiger partial charge is 0.465 e. The number of carbonyl (C=O) groups is 2. The molecule has 3 rings (SSSR count). The highest BCUT2D eigenvalue weighted by molar-refractivity contribution is 6.08. The molecule has 2 aliphatic rings. The fourth-order valence-electron chi connectivity index (χ4n) is 3.60. The van der Waals surface area contributed by atoms with Gasteiger partial charge in [-0.15, -0.1) is 0 Å². The molecule has 0 radical (unpaired) electrons. The van der Waals surface area contributed by atoms with Gasteiger partial charge in [-0.1, -0.05) is 36.8 Å². The summed E-state index contributed by atoms with van der Waals surface area (Å²) in [7, 11) is 0. The van der Waals surface area contributed by atoms with E-state index in [1.54, 1.807) is 6.92 Å². The third-order valence-corrected chi connectivity index (χ3v) is 5.14. The third kappa shape index (κ3) is 4.30. The lowest BCUT2D eigenvalue weighted by Crippen LogP contribution is -2.57. The zero-order valence-corrected chi connectivity index (χ0v) is 16.3. The van der Waals surface area contributed by atoms with Crippen LogP contribution >= 0.6 is 0 Å². The van der Waals surface area contributed by atoms with Crippen molar-refractivity contribution in [3.8, 4) is 0 Å². The monoisotopic (exact) mass is 372 g/mol. The molecule has 146 valence electrons. The minimum atomic E-state index is -0.965. The Morgan fingerprint density at radius 2 is 2.00 bits per heavy atom. The summed E-state index contributed by atoms with van der Waals surface area (Å²) in [5, 5.41) is 2.84. The van der Waals surface area contributed by atoms with E-state index in [-0.39, 0.29) is 12.5 Å². The van der Waals surface area contributed by atoms with E-state index in [4.69, 9.17) is 9.73 Å². The second kappa shape index (κ2) is 8.52. The van der Waals surface area contributed by atoms with Crippen molar-refractivity contribution < 1.29 is 14.3 Å². The van der Waals surface area contributed by atoms with E-state index >= 15 is 0 Å². The molecule has 0 bridgehead atoms. The lowest BCUT2D eigenvalue weighted by molar-refractivity contribution is -0.153. The first-order valence-electron chi connectivity index (χ1n) is 9.62. The van der Waals surface area contributed by atoms with Gasteiger partial charge >= 0.3 is 5.97 Å². The minimum absolute atomic E-state index is 0.235. The maximum absolute atomic E-state index is 12.8. The Bertz CT molecular complexity index is 726. The van der Waals surface area contributed by atoms with Crippen LogP contribution in [0.3, 0.4) is 0 Å². The molecule has 0 spiro atoms. The molecule has 1 fully saturated rings. The summed E-state index contributed by atoms with van der Waals surface area (Å²) in [4.78, 5) is 34.5. The Morgan fingerprint density at radius 1 is 1.26 bits per heavy atom. The number of aliphatic imine (C=N–C) groups is 1. The van der Waals surface area contributed by atoms with Crippen molar-refractivity contribution in [2.45, 2.75) is 26.8 Å². The Morgan fingerprint density at radius 3 is 2.63 bits per heavy atom. The molecule has 1 N–H and O–H groups in total. The van der Waals surface area contributed by atoms with Crippen LogP contribution in [0.15, 0.2) is 29.3 Å². The van der Waals surface area contributed by atoms with E-state index in [1.165, 1.54) is 0 Å². The van der Waals surface area contributed by atoms with Crippen molar-refractivity contribution in [3.05, 3.63) is 35.4 Å². The van der Waals surface area contributed by atoms with Gasteiger partial charge in [-0.3, -0.25) is 14.9 Å². The lowest BCUT2D eigenvalue weighted by Gasteiger charge is -2.38. The van der Waals surface area contributed by atoms with Crippen molar-refractivity contribution in [1.29, 1.82) is 0 Å². The number of carbonyl (C=O) groups excluding carboxylic acids is 2. The molecule has 2 aliphatic heterocycles. The Hall–Kier alpha value is -2.41. The van der Waals surface area contributed by atoms with Crippen molar-refractivity contribution in [2.75, 3.05) is 39.3 Å². The number of amides is 1. The molecule has 2 atom stereocenters. The number of nitrogens with zero attached hydrogens (tertiary/aromatic N) is 3. The van der Waals surface area contributed by atoms with Crippen LogP contribution < -0.4 is 5.32 Å². The molecular weight excluding hydrogens is 344 g/mol. The number of hydrogen-bond donors (Lipinski definition) is 1. The number of hydrogen-bond acceptors (Lipinski definition) is 6. The number of aryl methyl sites for hydroxylation is 1. The predicted molar refractivity (Wildman–Crippen MR) is 103 cm³/mol. The number of rotatable bonds is 4. The van der Waals surface area contributed by atoms with Crippen LogP contribution in [0.2, 0.25) is 0 Å². The SMILES string of the molecule is CCOC(=O)[C@H]1C(=O)NC(N2CCN(CC)CC2)=N[C@@H]1c1cccc(C)c1. The average molecular weight is 372 g/mol. The van der Waals surface area contributed by atoms with Gasteiger partial charge < -0.3 is 14.5 Å². The summed E-state index contributed by atoms with van der Waals surface area (Å²) in [6.45, 7) is 10.6. The molecule has 1 aromatic carbocycles. The predicted octanol–water partition coefficient (Wildman–Crippen LogP) is 1.34. The molecule has 0 aliphatic carbocycles. The van der Waals surface area contributed by atoms with Crippen LogP contribution in [0.4, 0.5) is 0 Å². The van der Waals surface area contributed by atoms with E-state index in [9.17, 15) is 9.59 Å². The molecule has 1 aromatic rings. The van der Waals surface area contributed by atoms with E-state index in [2.05, 4.69) is 22.0 Å². The van der Waals surface area contributed by atoms with Crippen molar-refractivity contribution >= 4 is 17.8 Å². The standard InChI is InChI=1S/C20H28N4O3/c1-4-23-9-11-24(12-10-23)20-21-17(15-8-6-7-14(3)13-15)16(18(25)22-20)19(26)27-5-2/h6-8,13,16-17H,4-5,9-12H2,1-3H3,(H,21,22,25)/t16-,17-/m1/s1. The van der Waals surface area contributed by atoms with Crippen molar-refractivity contribution in [1.82, 2.24) is 15.1 Å². The topological polar surface area (TPSA) is 74.2 Å². The number of nitrogens with one attached hydrogen (secondary N) is 1. The average Bonchev–Trinajstić information content (AvgIpc) is 2.67. The second-order valence-electron chi connectivity index (χ2n) is 6.95. The second-order valence-corrected chi connectivity index (χ2v) is 6.95. The van der Waals surface area contributed by atoms with E-state index < -0.39 is 17.9 Å². The highest BCUT2D eigenvalue weighted by atomic mass is 16.5. The van der Waals surface area contributed by atoms with Gasteiger partial charge in [-0.05, 0) is 26.0 Å². The third-order valence-electron chi connectivity index (χ3n) is 5.14. The van der Waals surface area contributed by atoms with Crippen LogP contribution in [-0.4, -0.2) is 67.0 Å². The van der Waals surface area contributed by atoms with E-state index in [0.29, 0.717) is 5.96 Å². The van der Waals surface area contributed by atoms with Gasteiger partial charge in [0.25, 0.3) is 0 Å². The van der Waals surface area contributed by atoms with Crippen LogP contribution in [-0.2, 0) is 14.3 Å². The number of likely N-dealkylation sites (N-methyl/N-ethyl adjacent to an activating group) is 1. The Balaban J connectivity index is 1.91. The summed E-state index contributed by atoms with van der Waals surface area (Å²) in [6, 6.07) is 7.23. The zero-order valence-electron chi connectivity index (χ0n) is 16.3. The molecule has 0 unspecified atom stereocenters. The first-order chi connectivity index (χ1) is 13.0. The first kappa shape index (κ1) is 19.4. The van der Waals surface area contributed by atoms with E-state index in [0.717, 1.165) is 43.9 Å². The molecule has 2 heterocycles. The highest BCUT2D eigenvalue weighted by Crippen LogP contribution is 2.31. The van der Waals surface area contributed by atoms with Gasteiger partial charge in [0.15, 0.2) is 5.92 Å². The fourth-order valence-corrected chi connectivity index (χ4v) is 3.60. The number of esters is 1. The van der Waals surface area contributed by atoms with Gasteiger partial charge in [-0.25, -0.2) is 4.99 Å². The van der Waals surface area contributed by atoms with Crippen LogP contribution in [0.1, 0.15) is 31.0 Å². The Kier molecular flexibility index (Phi) is 6.11. The molecule has 0 aromatic heterocycles. The van der Waals surface area contributed by atoms with E-state index in [1.807, 2.05) is 31.2 Å². The fraction of sp³-hybridized carbons (Fsp3) is 0.550. The lowest BCUT2D eigenvalue weighted by atomic mass is 9.90. The number of piperazine rings is 1. The molecule has 1 saturated heterocycles. The summed E-state index contributed by atoms with van der Waals surface area (Å²) >= 11 is 0. The number of ether oxygens (including phenoxy) is 1. The minimum Gasteiger partial charge on any atom is -0.465 e. The number of guanidine groups is 1. The van der Waals surface area contributed by atoms with Gasteiger partial charge in [0.2, 0.25) is 11.9 Å². The summed E-state index contributed by atoms with van der Waals surface area (Å²) in [5.74, 6) is -1.28. The summed E-state index contributed by atoms with van der Waals surface area (Å²) in [5.41, 5.74) is 1.92. The summed E-state index contributed by atoms with van der Waals surface area (Å²) < 4.78 is 5.15. The quantitative estimate of drug-likeness (QED) is 0.638. The Labute approximate surface area is 160 Å². The van der Waals surface area contributed by atoms with Crippen LogP contribution in [0.25, 0.3) is 0 Å². The molecule has 7 heteroatoms. The maximum atomic E-state index is 12.8. The van der Waals surface area contributed by atoms with Gasteiger partial charge in [-0.2, -0.15) is 0 Å². The van der Waals surface area contributed by atoms with Gasteiger partial charge in [0, 0.05) is 26.2 Å². The van der Waals surface area contributed by atoms with Crippen LogP contribution in [0, 0.1) is 12.8 Å². The molecular formula is C20H28N4O3. The smallest absolute Gasteiger partial charge is 0.321 e. The molecule has 27 heavy (non-hydrogen) atoms. The molecule has 1 amide bonds. The molecule has 0 saturated carbocycles. The van der Waals surface area contributed by atoms with Crippen molar-refractivity contribution in [3.63, 3.8) is 0 Å². The van der Waals surface area contributed by atoms with Gasteiger partial charge in [0.1, 0.15) is 6.04 Å². The van der Waals surface area contributed by atoms with Crippen molar-refractivity contribution in [2.24, 2.45) is 10.9 Å². The normalized spacial score (nSPS) is 23.6. The summed E-state index contributed by atoms with van der Waals surface area (Å²) in [6.07, 6.45) is 0. The van der Waals surface area contributed by atoms with Gasteiger partial charge in [0.05, 0.1) is 6.61 Å². The maximum Gasteiger partial charge on any atom is 0.321 e.